The fourth-order valence-electron chi connectivity index (χ4n) is 3.38. The molecule has 0 saturated carbocycles. The lowest BCUT2D eigenvalue weighted by molar-refractivity contribution is 0.112. The van der Waals surface area contributed by atoms with Gasteiger partial charge in [0.05, 0.1) is 0 Å². The first-order valence-electron chi connectivity index (χ1n) is 6.51. The summed E-state index contributed by atoms with van der Waals surface area (Å²) in [6.07, 6.45) is 6.56. The lowest BCUT2D eigenvalue weighted by Crippen LogP contribution is -2.25. The van der Waals surface area contributed by atoms with Gasteiger partial charge in [-0.1, -0.05) is 38.1 Å². The van der Waals surface area contributed by atoms with Gasteiger partial charge in [-0.25, -0.2) is 0 Å². The Morgan fingerprint density at radius 1 is 1.33 bits per heavy atom. The van der Waals surface area contributed by atoms with Crippen molar-refractivity contribution in [1.82, 2.24) is 0 Å². The second-order valence-electron chi connectivity index (χ2n) is 6.04. The van der Waals surface area contributed by atoms with Crippen LogP contribution in [0.15, 0.2) is 35.8 Å². The van der Waals surface area contributed by atoms with Crippen molar-refractivity contribution in [3.63, 3.8) is 0 Å². The fraction of sp³-hybridized carbons (Fsp3) is 0.312. The number of fused-ring (bicyclic) bond motifs is 3. The highest BCUT2D eigenvalue weighted by atomic mass is 16.1. The Morgan fingerprint density at radius 2 is 2.11 bits per heavy atom. The summed E-state index contributed by atoms with van der Waals surface area (Å²) in [6, 6.07) is 6.11. The molecule has 2 heteroatoms. The van der Waals surface area contributed by atoms with Gasteiger partial charge >= 0.3 is 0 Å². The van der Waals surface area contributed by atoms with Crippen LogP contribution in [0.25, 0.3) is 5.57 Å². The summed E-state index contributed by atoms with van der Waals surface area (Å²) in [5, 5.41) is 0. The largest absolute Gasteiger partial charge is 0.298 e. The van der Waals surface area contributed by atoms with Crippen LogP contribution in [0.3, 0.4) is 0 Å². The van der Waals surface area contributed by atoms with Crippen LogP contribution >= 0.6 is 0 Å². The highest BCUT2D eigenvalue weighted by molar-refractivity contribution is 6.22. The van der Waals surface area contributed by atoms with Crippen molar-refractivity contribution in [2.75, 3.05) is 0 Å². The molecule has 18 heavy (non-hydrogen) atoms. The van der Waals surface area contributed by atoms with Gasteiger partial charge in [-0.15, -0.1) is 5.47 Å². The van der Waals surface area contributed by atoms with Gasteiger partial charge in [0.15, 0.2) is 0 Å². The molecule has 3 rings (SSSR count). The molecule has 0 aliphatic heterocycles. The summed E-state index contributed by atoms with van der Waals surface area (Å²) in [7, 11) is 2.20. The van der Waals surface area contributed by atoms with Crippen LogP contribution in [0.4, 0.5) is 0 Å². The van der Waals surface area contributed by atoms with Gasteiger partial charge < -0.3 is 0 Å². The minimum Gasteiger partial charge on any atom is -0.298 e. The highest BCUT2D eigenvalue weighted by Crippen LogP contribution is 2.53. The summed E-state index contributed by atoms with van der Waals surface area (Å²) in [4.78, 5) is 11.0. The summed E-state index contributed by atoms with van der Waals surface area (Å²) in [5.74, 6) is 0.555. The second kappa shape index (κ2) is 3.71. The average molecular weight is 236 g/mol. The normalized spacial score (nSPS) is 23.8. The van der Waals surface area contributed by atoms with E-state index < -0.39 is 0 Å². The lowest BCUT2D eigenvalue weighted by atomic mass is 9.70. The maximum Gasteiger partial charge on any atom is 0.150 e. The van der Waals surface area contributed by atoms with E-state index in [1.807, 2.05) is 6.07 Å². The molecule has 0 bridgehead atoms. The zero-order valence-corrected chi connectivity index (χ0v) is 11.2. The standard InChI is InChI=1S/C16H17BO/c1-16(2)14-7-10(9-18)3-5-12(14)13-6-4-11(17)8-15(13)16/h3-7,9,15H,8,17H2,1-2H3/t15-/m1/s1. The first kappa shape index (κ1) is 11.5. The molecule has 0 N–H and O–H groups in total. The van der Waals surface area contributed by atoms with Crippen LogP contribution in [-0.2, 0) is 5.41 Å². The summed E-state index contributed by atoms with van der Waals surface area (Å²) in [5.41, 5.74) is 6.45. The average Bonchev–Trinajstić information content (AvgIpc) is 2.58. The molecular weight excluding hydrogens is 219 g/mol. The SMILES string of the molecule is BC1=CC=C2c3ccc(C=O)cc3C(C)(C)[C@@H]2C1. The summed E-state index contributed by atoms with van der Waals surface area (Å²) >= 11 is 0. The molecule has 0 aromatic heterocycles. The number of rotatable bonds is 1. The Bertz CT molecular complexity index is 593. The van der Waals surface area contributed by atoms with Crippen LogP contribution in [-0.4, -0.2) is 14.1 Å². The minimum absolute atomic E-state index is 0.121. The topological polar surface area (TPSA) is 17.1 Å². The Hall–Kier alpha value is -1.57. The Balaban J connectivity index is 2.22. The molecule has 1 nitrogen and oxygen atoms in total. The van der Waals surface area contributed by atoms with E-state index in [4.69, 9.17) is 0 Å². The van der Waals surface area contributed by atoms with E-state index >= 15 is 0 Å². The van der Waals surface area contributed by atoms with Gasteiger partial charge in [-0.3, -0.25) is 4.79 Å². The number of benzene rings is 1. The number of carbonyl (C=O) groups is 1. The van der Waals surface area contributed by atoms with Crippen LogP contribution < -0.4 is 0 Å². The molecule has 0 fully saturated rings. The lowest BCUT2D eigenvalue weighted by Gasteiger charge is -2.31. The number of allylic oxidation sites excluding steroid dienone is 4. The van der Waals surface area contributed by atoms with E-state index in [2.05, 4.69) is 46.0 Å². The van der Waals surface area contributed by atoms with E-state index in [1.165, 1.54) is 22.2 Å². The maximum absolute atomic E-state index is 11.0. The Morgan fingerprint density at radius 3 is 2.83 bits per heavy atom. The smallest absolute Gasteiger partial charge is 0.150 e. The maximum atomic E-state index is 11.0. The van der Waals surface area contributed by atoms with Gasteiger partial charge in [0.1, 0.15) is 14.1 Å². The van der Waals surface area contributed by atoms with E-state index in [-0.39, 0.29) is 5.41 Å². The van der Waals surface area contributed by atoms with Crippen molar-refractivity contribution in [3.8, 4) is 0 Å². The predicted octanol–water partition coefficient (Wildman–Crippen LogP) is 2.71. The van der Waals surface area contributed by atoms with Gasteiger partial charge in [0, 0.05) is 5.56 Å². The van der Waals surface area contributed by atoms with E-state index in [1.54, 1.807) is 0 Å². The third-order valence-electron chi connectivity index (χ3n) is 4.50. The third kappa shape index (κ3) is 1.45. The molecule has 2 aliphatic rings. The van der Waals surface area contributed by atoms with Gasteiger partial charge in [-0.05, 0) is 40.5 Å². The summed E-state index contributed by atoms with van der Waals surface area (Å²) in [6.45, 7) is 4.59. The first-order valence-corrected chi connectivity index (χ1v) is 6.51. The molecule has 1 aromatic rings. The van der Waals surface area contributed by atoms with Gasteiger partial charge in [0.25, 0.3) is 0 Å². The van der Waals surface area contributed by atoms with E-state index in [9.17, 15) is 4.79 Å². The second-order valence-corrected chi connectivity index (χ2v) is 6.04. The molecule has 0 radical (unpaired) electrons. The number of carbonyl (C=O) groups excluding carboxylic acids is 1. The molecule has 1 aromatic carbocycles. The molecule has 0 heterocycles. The van der Waals surface area contributed by atoms with Gasteiger partial charge in [-0.2, -0.15) is 0 Å². The third-order valence-corrected chi connectivity index (χ3v) is 4.50. The molecule has 90 valence electrons. The summed E-state index contributed by atoms with van der Waals surface area (Å²) < 4.78 is 0. The monoisotopic (exact) mass is 236 g/mol. The van der Waals surface area contributed by atoms with Crippen LogP contribution in [0, 0.1) is 5.92 Å². The quantitative estimate of drug-likeness (QED) is 0.541. The zero-order chi connectivity index (χ0) is 12.9. The molecule has 0 spiro atoms. The fourth-order valence-corrected chi connectivity index (χ4v) is 3.38. The molecule has 0 amide bonds. The van der Waals surface area contributed by atoms with Crippen LogP contribution in [0.1, 0.15) is 41.8 Å². The van der Waals surface area contributed by atoms with Gasteiger partial charge in [0.2, 0.25) is 0 Å². The Kier molecular flexibility index (Phi) is 2.38. The van der Waals surface area contributed by atoms with Crippen molar-refractivity contribution in [2.24, 2.45) is 5.92 Å². The minimum atomic E-state index is 0.121. The number of hydrogen-bond donors (Lipinski definition) is 0. The Labute approximate surface area is 109 Å². The molecule has 0 unspecified atom stereocenters. The first-order chi connectivity index (χ1) is 8.54. The van der Waals surface area contributed by atoms with Crippen molar-refractivity contribution >= 4 is 19.7 Å². The van der Waals surface area contributed by atoms with Crippen molar-refractivity contribution < 1.29 is 4.79 Å². The molecule has 0 saturated heterocycles. The van der Waals surface area contributed by atoms with Crippen LogP contribution in [0.5, 0.6) is 0 Å². The zero-order valence-electron chi connectivity index (χ0n) is 11.2. The van der Waals surface area contributed by atoms with Crippen molar-refractivity contribution in [1.29, 1.82) is 0 Å². The van der Waals surface area contributed by atoms with Crippen molar-refractivity contribution in [3.05, 3.63) is 52.5 Å². The van der Waals surface area contributed by atoms with Crippen molar-refractivity contribution in [2.45, 2.75) is 25.7 Å². The van der Waals surface area contributed by atoms with Crippen LogP contribution in [0.2, 0.25) is 0 Å². The number of hydrogen-bond acceptors (Lipinski definition) is 1. The number of aldehydes is 1. The van der Waals surface area contributed by atoms with E-state index in [0.29, 0.717) is 5.92 Å². The highest BCUT2D eigenvalue weighted by Gasteiger charge is 2.43. The molecule has 2 aliphatic carbocycles. The van der Waals surface area contributed by atoms with E-state index in [0.717, 1.165) is 18.3 Å². The molecule has 1 atom stereocenters. The predicted molar refractivity (Wildman–Crippen MR) is 77.6 cm³/mol. The molecular formula is C16H17BO.